The van der Waals surface area contributed by atoms with Gasteiger partial charge in [-0.15, -0.1) is 0 Å². The molecule has 3 rings (SSSR count). The van der Waals surface area contributed by atoms with Gasteiger partial charge in [0.15, 0.2) is 0 Å². The van der Waals surface area contributed by atoms with Crippen molar-refractivity contribution in [2.75, 3.05) is 7.11 Å². The maximum Gasteiger partial charge on any atom is 0.534 e. The van der Waals surface area contributed by atoms with E-state index >= 15 is 0 Å². The molecule has 0 spiro atoms. The van der Waals surface area contributed by atoms with Gasteiger partial charge in [-0.1, -0.05) is 12.1 Å². The molecule has 144 valence electrons. The standard InChI is InChI=1S/C17H19F3O5S/c1-23-12-4-2-11(3-5-12)10-24-15-8-6-14-13(15)7-9-16(14)25-26(21,22)17(18,19)20/h2-5,9,13-15H,6-8,10H2,1H3. The lowest BCUT2D eigenvalue weighted by molar-refractivity contribution is -0.0528. The first-order chi connectivity index (χ1) is 12.2. The van der Waals surface area contributed by atoms with Gasteiger partial charge >= 0.3 is 15.6 Å². The zero-order valence-corrected chi connectivity index (χ0v) is 14.8. The molecule has 0 aromatic heterocycles. The van der Waals surface area contributed by atoms with E-state index < -0.39 is 15.6 Å². The van der Waals surface area contributed by atoms with Crippen molar-refractivity contribution < 1.29 is 35.2 Å². The normalized spacial score (nSPS) is 25.7. The maximum atomic E-state index is 12.5. The van der Waals surface area contributed by atoms with Crippen LogP contribution >= 0.6 is 0 Å². The molecule has 1 fully saturated rings. The lowest BCUT2D eigenvalue weighted by atomic mass is 9.97. The highest BCUT2D eigenvalue weighted by atomic mass is 32.2. The lowest BCUT2D eigenvalue weighted by Gasteiger charge is -2.20. The van der Waals surface area contributed by atoms with Gasteiger partial charge in [0.2, 0.25) is 0 Å². The first-order valence-corrected chi connectivity index (χ1v) is 9.57. The summed E-state index contributed by atoms with van der Waals surface area (Å²) in [6.45, 7) is 0.370. The highest BCUT2D eigenvalue weighted by Gasteiger charge is 2.51. The van der Waals surface area contributed by atoms with Gasteiger partial charge in [0.25, 0.3) is 0 Å². The van der Waals surface area contributed by atoms with E-state index in [0.29, 0.717) is 25.9 Å². The van der Waals surface area contributed by atoms with Crippen molar-refractivity contribution in [1.82, 2.24) is 0 Å². The second-order valence-corrected chi connectivity index (χ2v) is 7.91. The molecule has 1 aromatic rings. The molecule has 3 unspecified atom stereocenters. The molecule has 0 N–H and O–H groups in total. The van der Waals surface area contributed by atoms with Crippen molar-refractivity contribution >= 4 is 10.1 Å². The van der Waals surface area contributed by atoms with E-state index in [-0.39, 0.29) is 23.7 Å². The van der Waals surface area contributed by atoms with Crippen LogP contribution in [0.15, 0.2) is 36.1 Å². The Hall–Kier alpha value is -1.74. The minimum absolute atomic E-state index is 0.0633. The van der Waals surface area contributed by atoms with Crippen molar-refractivity contribution in [2.45, 2.75) is 37.5 Å². The fourth-order valence-corrected chi connectivity index (χ4v) is 4.05. The third-order valence-electron chi connectivity index (χ3n) is 4.83. The molecule has 0 saturated heterocycles. The van der Waals surface area contributed by atoms with Crippen molar-refractivity contribution in [3.63, 3.8) is 0 Å². The second-order valence-electron chi connectivity index (χ2n) is 6.37. The molecular weight excluding hydrogens is 373 g/mol. The zero-order chi connectivity index (χ0) is 18.9. The third kappa shape index (κ3) is 3.83. The van der Waals surface area contributed by atoms with Crippen LogP contribution in [0.5, 0.6) is 5.75 Å². The number of benzene rings is 1. The highest BCUT2D eigenvalue weighted by Crippen LogP contribution is 2.47. The average molecular weight is 392 g/mol. The summed E-state index contributed by atoms with van der Waals surface area (Å²) in [5.74, 6) is 0.213. The molecule has 1 saturated carbocycles. The monoisotopic (exact) mass is 392 g/mol. The molecule has 3 atom stereocenters. The minimum Gasteiger partial charge on any atom is -0.497 e. The maximum absolute atomic E-state index is 12.5. The number of halogens is 3. The minimum atomic E-state index is -5.62. The number of ether oxygens (including phenoxy) is 2. The van der Waals surface area contributed by atoms with Crippen molar-refractivity contribution in [3.05, 3.63) is 41.7 Å². The summed E-state index contributed by atoms with van der Waals surface area (Å²) in [6.07, 6.45) is 2.92. The SMILES string of the molecule is COc1ccc(COC2CCC3C(OS(=O)(=O)C(F)(F)F)=CCC23)cc1. The smallest absolute Gasteiger partial charge is 0.497 e. The Balaban J connectivity index is 1.57. The Morgan fingerprint density at radius 3 is 2.46 bits per heavy atom. The molecule has 0 radical (unpaired) electrons. The fraction of sp³-hybridized carbons (Fsp3) is 0.529. The Labute approximate surface area is 149 Å². The third-order valence-corrected chi connectivity index (χ3v) is 5.80. The number of fused-ring (bicyclic) bond motifs is 1. The molecule has 2 aliphatic rings. The molecule has 1 aromatic carbocycles. The Morgan fingerprint density at radius 2 is 1.85 bits per heavy atom. The van der Waals surface area contributed by atoms with Gasteiger partial charge < -0.3 is 13.7 Å². The summed E-state index contributed by atoms with van der Waals surface area (Å²) < 4.78 is 75.3. The van der Waals surface area contributed by atoms with Gasteiger partial charge in [-0.2, -0.15) is 21.6 Å². The molecule has 0 aliphatic heterocycles. The predicted octanol–water partition coefficient (Wildman–Crippen LogP) is 3.76. The number of alkyl halides is 3. The van der Waals surface area contributed by atoms with Crippen LogP contribution in [0.3, 0.4) is 0 Å². The van der Waals surface area contributed by atoms with Crippen molar-refractivity contribution in [1.29, 1.82) is 0 Å². The summed E-state index contributed by atoms with van der Waals surface area (Å²) >= 11 is 0. The molecule has 26 heavy (non-hydrogen) atoms. The van der Waals surface area contributed by atoms with Crippen LogP contribution in [-0.4, -0.2) is 27.1 Å². The summed E-state index contributed by atoms with van der Waals surface area (Å²) in [6, 6.07) is 7.40. The topological polar surface area (TPSA) is 61.8 Å². The Bertz CT molecular complexity index is 771. The first kappa shape index (κ1) is 19.0. The summed E-state index contributed by atoms with van der Waals surface area (Å²) in [4.78, 5) is 0. The van der Waals surface area contributed by atoms with Crippen LogP contribution < -0.4 is 4.74 Å². The summed E-state index contributed by atoms with van der Waals surface area (Å²) in [5, 5.41) is 0. The van der Waals surface area contributed by atoms with Crippen molar-refractivity contribution in [2.24, 2.45) is 11.8 Å². The first-order valence-electron chi connectivity index (χ1n) is 8.16. The van der Waals surface area contributed by atoms with E-state index in [1.54, 1.807) is 7.11 Å². The average Bonchev–Trinajstić information content (AvgIpc) is 3.15. The molecular formula is C17H19F3O5S. The largest absolute Gasteiger partial charge is 0.534 e. The Morgan fingerprint density at radius 1 is 1.15 bits per heavy atom. The Kier molecular flexibility index (Phi) is 5.21. The van der Waals surface area contributed by atoms with Crippen LogP contribution in [0.2, 0.25) is 0 Å². The van der Waals surface area contributed by atoms with E-state index in [0.717, 1.165) is 11.3 Å². The molecule has 5 nitrogen and oxygen atoms in total. The fourth-order valence-electron chi connectivity index (χ4n) is 3.51. The molecule has 0 heterocycles. The number of allylic oxidation sites excluding steroid dienone is 2. The van der Waals surface area contributed by atoms with Gasteiger partial charge in [-0.05, 0) is 49.0 Å². The lowest BCUT2D eigenvalue weighted by Crippen LogP contribution is -2.27. The van der Waals surface area contributed by atoms with Crippen LogP contribution in [0.25, 0.3) is 0 Å². The van der Waals surface area contributed by atoms with Crippen LogP contribution in [0, 0.1) is 11.8 Å². The van der Waals surface area contributed by atoms with Gasteiger partial charge in [0.05, 0.1) is 19.8 Å². The number of hydrogen-bond acceptors (Lipinski definition) is 5. The number of methoxy groups -OCH3 is 1. The quantitative estimate of drug-likeness (QED) is 0.545. The van der Waals surface area contributed by atoms with E-state index in [1.165, 1.54) is 6.08 Å². The van der Waals surface area contributed by atoms with Crippen LogP contribution in [0.1, 0.15) is 24.8 Å². The van der Waals surface area contributed by atoms with Crippen LogP contribution in [-0.2, 0) is 25.6 Å². The summed E-state index contributed by atoms with van der Waals surface area (Å²) in [7, 11) is -4.04. The van der Waals surface area contributed by atoms with E-state index in [1.807, 2.05) is 24.3 Å². The zero-order valence-electron chi connectivity index (χ0n) is 14.0. The van der Waals surface area contributed by atoms with Gasteiger partial charge in [0.1, 0.15) is 11.5 Å². The molecule has 9 heteroatoms. The van der Waals surface area contributed by atoms with Crippen LogP contribution in [0.4, 0.5) is 13.2 Å². The van der Waals surface area contributed by atoms with Gasteiger partial charge in [-0.25, -0.2) is 0 Å². The van der Waals surface area contributed by atoms with Crippen molar-refractivity contribution in [3.8, 4) is 5.75 Å². The molecule has 0 bridgehead atoms. The number of rotatable bonds is 6. The highest BCUT2D eigenvalue weighted by molar-refractivity contribution is 7.87. The van der Waals surface area contributed by atoms with E-state index in [4.69, 9.17) is 9.47 Å². The predicted molar refractivity (Wildman–Crippen MR) is 86.5 cm³/mol. The van der Waals surface area contributed by atoms with Gasteiger partial charge in [0, 0.05) is 5.92 Å². The van der Waals surface area contributed by atoms with E-state index in [9.17, 15) is 21.6 Å². The molecule has 2 aliphatic carbocycles. The molecule has 0 amide bonds. The van der Waals surface area contributed by atoms with Gasteiger partial charge in [-0.3, -0.25) is 0 Å². The number of hydrogen-bond donors (Lipinski definition) is 0. The summed E-state index contributed by atoms with van der Waals surface area (Å²) in [5.41, 5.74) is -4.47. The second kappa shape index (κ2) is 7.11. The van der Waals surface area contributed by atoms with E-state index in [2.05, 4.69) is 4.18 Å².